The van der Waals surface area contributed by atoms with Crippen LogP contribution in [0.3, 0.4) is 0 Å². The van der Waals surface area contributed by atoms with E-state index in [2.05, 4.69) is 4.99 Å². The smallest absolute Gasteiger partial charge is 0.244 e. The van der Waals surface area contributed by atoms with Gasteiger partial charge in [0.05, 0.1) is 0 Å². The van der Waals surface area contributed by atoms with Crippen molar-refractivity contribution in [1.29, 1.82) is 0 Å². The molecule has 2 aromatic carbocycles. The lowest BCUT2D eigenvalue weighted by Crippen LogP contribution is -1.91. The molecule has 0 aliphatic carbocycles. The third-order valence-corrected chi connectivity index (χ3v) is 3.66. The molecular formula is C16H11NOS. The van der Waals surface area contributed by atoms with Gasteiger partial charge >= 0.3 is 0 Å². The lowest BCUT2D eigenvalue weighted by atomic mass is 10.2. The Balaban J connectivity index is 1.94. The molecule has 0 radical (unpaired) electrons. The maximum Gasteiger partial charge on any atom is 0.244 e. The van der Waals surface area contributed by atoms with Gasteiger partial charge in [-0.3, -0.25) is 4.79 Å². The van der Waals surface area contributed by atoms with E-state index >= 15 is 0 Å². The first-order chi connectivity index (χ1) is 9.33. The maximum absolute atomic E-state index is 11.9. The summed E-state index contributed by atoms with van der Waals surface area (Å²) >= 11 is 1.19. The Kier molecular flexibility index (Phi) is 3.29. The van der Waals surface area contributed by atoms with Crippen LogP contribution in [0.2, 0.25) is 0 Å². The predicted molar refractivity (Wildman–Crippen MR) is 80.0 cm³/mol. The first kappa shape index (κ1) is 11.9. The van der Waals surface area contributed by atoms with Crippen LogP contribution in [0.5, 0.6) is 0 Å². The highest BCUT2D eigenvalue weighted by Gasteiger charge is 2.22. The number of carbonyl (C=O) groups excluding carboxylic acids is 1. The van der Waals surface area contributed by atoms with E-state index in [0.717, 1.165) is 16.2 Å². The Hall–Kier alpha value is -2.13. The van der Waals surface area contributed by atoms with Crippen molar-refractivity contribution in [3.63, 3.8) is 0 Å². The molecule has 2 nitrogen and oxygen atoms in total. The minimum Gasteiger partial charge on any atom is -0.279 e. The monoisotopic (exact) mass is 265 g/mol. The van der Waals surface area contributed by atoms with Gasteiger partial charge in [0.1, 0.15) is 10.7 Å². The average molecular weight is 265 g/mol. The van der Waals surface area contributed by atoms with Crippen LogP contribution in [0.25, 0.3) is 6.08 Å². The van der Waals surface area contributed by atoms with Crippen molar-refractivity contribution < 1.29 is 4.79 Å². The fourth-order valence-corrected chi connectivity index (χ4v) is 2.60. The summed E-state index contributed by atoms with van der Waals surface area (Å²) in [6.45, 7) is 0. The van der Waals surface area contributed by atoms with Crippen LogP contribution in [0, 0.1) is 0 Å². The average Bonchev–Trinajstić information content (AvgIpc) is 2.82. The Bertz CT molecular complexity index is 660. The number of hydrogen-bond donors (Lipinski definition) is 0. The van der Waals surface area contributed by atoms with Gasteiger partial charge in [0.15, 0.2) is 0 Å². The number of benzene rings is 2. The van der Waals surface area contributed by atoms with Crippen molar-refractivity contribution in [2.24, 2.45) is 4.99 Å². The van der Waals surface area contributed by atoms with Crippen molar-refractivity contribution in [1.82, 2.24) is 0 Å². The third kappa shape index (κ3) is 2.66. The third-order valence-electron chi connectivity index (χ3n) is 2.74. The van der Waals surface area contributed by atoms with Crippen LogP contribution >= 0.6 is 11.8 Å². The van der Waals surface area contributed by atoms with Gasteiger partial charge in [-0.25, -0.2) is 4.99 Å². The van der Waals surface area contributed by atoms with E-state index in [0.29, 0.717) is 5.70 Å². The summed E-state index contributed by atoms with van der Waals surface area (Å²) in [5.41, 5.74) is 2.48. The van der Waals surface area contributed by atoms with Crippen molar-refractivity contribution in [3.8, 4) is 0 Å². The molecule has 3 heteroatoms. The van der Waals surface area contributed by atoms with Crippen LogP contribution in [0.1, 0.15) is 11.1 Å². The lowest BCUT2D eigenvalue weighted by Gasteiger charge is -1.95. The van der Waals surface area contributed by atoms with E-state index in [-0.39, 0.29) is 5.12 Å². The van der Waals surface area contributed by atoms with E-state index in [9.17, 15) is 4.79 Å². The quantitative estimate of drug-likeness (QED) is 0.774. The SMILES string of the molecule is O=C1SC(c2ccccc2)=NC1=Cc1ccccc1. The van der Waals surface area contributed by atoms with Crippen LogP contribution < -0.4 is 0 Å². The molecule has 2 aromatic rings. The molecule has 0 spiro atoms. The first-order valence-corrected chi connectivity index (χ1v) is 6.77. The molecular weight excluding hydrogens is 254 g/mol. The van der Waals surface area contributed by atoms with Gasteiger partial charge in [-0.15, -0.1) is 0 Å². The van der Waals surface area contributed by atoms with Crippen molar-refractivity contribution in [3.05, 3.63) is 77.5 Å². The molecule has 0 saturated carbocycles. The van der Waals surface area contributed by atoms with Gasteiger partial charge in [0.2, 0.25) is 5.12 Å². The lowest BCUT2D eigenvalue weighted by molar-refractivity contribution is -0.107. The highest BCUT2D eigenvalue weighted by atomic mass is 32.2. The van der Waals surface area contributed by atoms with Crippen LogP contribution in [0.15, 0.2) is 71.4 Å². The summed E-state index contributed by atoms with van der Waals surface area (Å²) in [6, 6.07) is 19.5. The summed E-state index contributed by atoms with van der Waals surface area (Å²) in [4.78, 5) is 16.4. The summed E-state index contributed by atoms with van der Waals surface area (Å²) in [7, 11) is 0. The van der Waals surface area contributed by atoms with Gasteiger partial charge in [-0.05, 0) is 23.4 Å². The topological polar surface area (TPSA) is 29.4 Å². The van der Waals surface area contributed by atoms with E-state index in [1.807, 2.05) is 66.7 Å². The molecule has 3 rings (SSSR count). The van der Waals surface area contributed by atoms with Crippen LogP contribution in [-0.4, -0.2) is 10.2 Å². The summed E-state index contributed by atoms with van der Waals surface area (Å²) < 4.78 is 0. The summed E-state index contributed by atoms with van der Waals surface area (Å²) in [6.07, 6.45) is 1.82. The van der Waals surface area contributed by atoms with Crippen LogP contribution in [0.4, 0.5) is 0 Å². The van der Waals surface area contributed by atoms with Gasteiger partial charge < -0.3 is 0 Å². The molecule has 0 unspecified atom stereocenters. The summed E-state index contributed by atoms with van der Waals surface area (Å²) in [5, 5.41) is 0.774. The van der Waals surface area contributed by atoms with Gasteiger partial charge in [0.25, 0.3) is 0 Å². The first-order valence-electron chi connectivity index (χ1n) is 5.96. The van der Waals surface area contributed by atoms with E-state index < -0.39 is 0 Å². The largest absolute Gasteiger partial charge is 0.279 e. The maximum atomic E-state index is 11.9. The fraction of sp³-hybridized carbons (Fsp3) is 0. The molecule has 0 bridgehead atoms. The second-order valence-electron chi connectivity index (χ2n) is 4.11. The van der Waals surface area contributed by atoms with Gasteiger partial charge in [-0.1, -0.05) is 60.7 Å². The number of carbonyl (C=O) groups is 1. The van der Waals surface area contributed by atoms with Crippen molar-refractivity contribution in [2.45, 2.75) is 0 Å². The number of hydrogen-bond acceptors (Lipinski definition) is 3. The zero-order chi connectivity index (χ0) is 13.1. The van der Waals surface area contributed by atoms with Gasteiger partial charge in [0, 0.05) is 5.56 Å². The van der Waals surface area contributed by atoms with Crippen molar-refractivity contribution >= 4 is 28.0 Å². The Morgan fingerprint density at radius 2 is 1.53 bits per heavy atom. The van der Waals surface area contributed by atoms with Gasteiger partial charge in [-0.2, -0.15) is 0 Å². The molecule has 0 amide bonds. The minimum atomic E-state index is 0.00251. The van der Waals surface area contributed by atoms with Crippen molar-refractivity contribution in [2.75, 3.05) is 0 Å². The molecule has 0 N–H and O–H groups in total. The molecule has 1 heterocycles. The van der Waals surface area contributed by atoms with E-state index in [1.54, 1.807) is 0 Å². The molecule has 0 aromatic heterocycles. The zero-order valence-electron chi connectivity index (χ0n) is 10.1. The highest BCUT2D eigenvalue weighted by Crippen LogP contribution is 2.28. The molecule has 92 valence electrons. The molecule has 0 atom stereocenters. The Labute approximate surface area is 115 Å². The number of nitrogens with zero attached hydrogens (tertiary/aromatic N) is 1. The molecule has 0 fully saturated rings. The number of aliphatic imine (C=N–C) groups is 1. The Morgan fingerprint density at radius 1 is 0.895 bits per heavy atom. The highest BCUT2D eigenvalue weighted by molar-refractivity contribution is 8.27. The number of thioether (sulfide) groups is 1. The summed E-state index contributed by atoms with van der Waals surface area (Å²) in [5.74, 6) is 0. The number of rotatable bonds is 2. The molecule has 1 aliphatic rings. The predicted octanol–water partition coefficient (Wildman–Crippen LogP) is 3.75. The standard InChI is InChI=1S/C16H11NOS/c18-16-14(11-12-7-3-1-4-8-12)17-15(19-16)13-9-5-2-6-10-13/h1-11H. The fourth-order valence-electron chi connectivity index (χ4n) is 1.82. The second kappa shape index (κ2) is 5.24. The zero-order valence-corrected chi connectivity index (χ0v) is 10.9. The van der Waals surface area contributed by atoms with Crippen LogP contribution in [-0.2, 0) is 4.79 Å². The molecule has 0 saturated heterocycles. The second-order valence-corrected chi connectivity index (χ2v) is 5.07. The minimum absolute atomic E-state index is 0.00251. The molecule has 19 heavy (non-hydrogen) atoms. The normalized spacial score (nSPS) is 16.7. The molecule has 1 aliphatic heterocycles. The van der Waals surface area contributed by atoms with E-state index in [1.165, 1.54) is 11.8 Å². The van der Waals surface area contributed by atoms with E-state index in [4.69, 9.17) is 0 Å². The Morgan fingerprint density at radius 3 is 2.21 bits per heavy atom.